The van der Waals surface area contributed by atoms with Gasteiger partial charge in [-0.15, -0.1) is 0 Å². The van der Waals surface area contributed by atoms with Crippen LogP contribution in [0.25, 0.3) is 6.08 Å². The SMILES string of the molecule is CNS(=O)(=O)c1ccc(/C=C\C(=O)N[C@H]2CCC(C)(C)c3ccccc32)cc1. The van der Waals surface area contributed by atoms with Crippen molar-refractivity contribution in [2.75, 3.05) is 7.05 Å². The van der Waals surface area contributed by atoms with Crippen molar-refractivity contribution in [3.8, 4) is 0 Å². The summed E-state index contributed by atoms with van der Waals surface area (Å²) in [4.78, 5) is 12.6. The van der Waals surface area contributed by atoms with E-state index in [9.17, 15) is 13.2 Å². The van der Waals surface area contributed by atoms with E-state index < -0.39 is 10.0 Å². The Hall–Kier alpha value is -2.44. The Morgan fingerprint density at radius 3 is 2.46 bits per heavy atom. The second-order valence-corrected chi connectivity index (χ2v) is 9.57. The number of hydrogen-bond acceptors (Lipinski definition) is 3. The van der Waals surface area contributed by atoms with Crippen molar-refractivity contribution in [3.63, 3.8) is 0 Å². The number of hydrogen-bond donors (Lipinski definition) is 2. The Balaban J connectivity index is 1.69. The van der Waals surface area contributed by atoms with Crippen molar-refractivity contribution in [1.29, 1.82) is 0 Å². The predicted molar refractivity (Wildman–Crippen MR) is 111 cm³/mol. The molecule has 6 heteroatoms. The van der Waals surface area contributed by atoms with Crippen LogP contribution in [0.3, 0.4) is 0 Å². The van der Waals surface area contributed by atoms with Gasteiger partial charge in [0.2, 0.25) is 15.9 Å². The summed E-state index contributed by atoms with van der Waals surface area (Å²) in [6.45, 7) is 4.48. The molecule has 0 fully saturated rings. The molecule has 0 bridgehead atoms. The van der Waals surface area contributed by atoms with Crippen LogP contribution in [0.15, 0.2) is 59.5 Å². The Morgan fingerprint density at radius 1 is 1.11 bits per heavy atom. The number of carbonyl (C=O) groups excluding carboxylic acids is 1. The van der Waals surface area contributed by atoms with Crippen LogP contribution in [0.1, 0.15) is 49.4 Å². The minimum Gasteiger partial charge on any atom is -0.346 e. The molecule has 0 aromatic heterocycles. The molecule has 2 aromatic carbocycles. The minimum atomic E-state index is -3.46. The fourth-order valence-electron chi connectivity index (χ4n) is 3.63. The molecule has 5 nitrogen and oxygen atoms in total. The van der Waals surface area contributed by atoms with E-state index in [1.54, 1.807) is 18.2 Å². The third-order valence-electron chi connectivity index (χ3n) is 5.33. The van der Waals surface area contributed by atoms with E-state index in [0.717, 1.165) is 18.4 Å². The summed E-state index contributed by atoms with van der Waals surface area (Å²) in [6, 6.07) is 14.7. The Kier molecular flexibility index (Phi) is 5.72. The molecule has 28 heavy (non-hydrogen) atoms. The second-order valence-electron chi connectivity index (χ2n) is 7.68. The van der Waals surface area contributed by atoms with Crippen LogP contribution in [0.5, 0.6) is 0 Å². The van der Waals surface area contributed by atoms with Gasteiger partial charge in [-0.1, -0.05) is 50.2 Å². The summed E-state index contributed by atoms with van der Waals surface area (Å²) < 4.78 is 25.8. The van der Waals surface area contributed by atoms with Crippen molar-refractivity contribution in [3.05, 3.63) is 71.3 Å². The van der Waals surface area contributed by atoms with E-state index in [1.165, 1.54) is 36.4 Å². The van der Waals surface area contributed by atoms with E-state index in [1.807, 2.05) is 12.1 Å². The Morgan fingerprint density at radius 2 is 1.79 bits per heavy atom. The molecule has 0 unspecified atom stereocenters. The van der Waals surface area contributed by atoms with Gasteiger partial charge in [-0.2, -0.15) is 0 Å². The van der Waals surface area contributed by atoms with Crippen molar-refractivity contribution >= 4 is 22.0 Å². The van der Waals surface area contributed by atoms with Crippen molar-refractivity contribution < 1.29 is 13.2 Å². The largest absolute Gasteiger partial charge is 0.346 e. The molecule has 148 valence electrons. The lowest BCUT2D eigenvalue weighted by Crippen LogP contribution is -2.34. The molecule has 0 spiro atoms. The van der Waals surface area contributed by atoms with Crippen LogP contribution < -0.4 is 10.0 Å². The maximum absolute atomic E-state index is 12.4. The molecule has 0 saturated carbocycles. The van der Waals surface area contributed by atoms with Gasteiger partial charge in [-0.25, -0.2) is 13.1 Å². The zero-order valence-electron chi connectivity index (χ0n) is 16.4. The lowest BCUT2D eigenvalue weighted by molar-refractivity contribution is -0.117. The van der Waals surface area contributed by atoms with Gasteiger partial charge >= 0.3 is 0 Å². The quantitative estimate of drug-likeness (QED) is 0.757. The summed E-state index contributed by atoms with van der Waals surface area (Å²) >= 11 is 0. The molecule has 2 N–H and O–H groups in total. The molecule has 0 saturated heterocycles. The average molecular weight is 399 g/mol. The lowest BCUT2D eigenvalue weighted by Gasteiger charge is -2.37. The van der Waals surface area contributed by atoms with E-state index in [-0.39, 0.29) is 22.3 Å². The number of fused-ring (bicyclic) bond motifs is 1. The first-order valence-electron chi connectivity index (χ1n) is 9.34. The predicted octanol–water partition coefficient (Wildman–Crippen LogP) is 3.54. The molecule has 2 aromatic rings. The maximum atomic E-state index is 12.4. The molecule has 1 amide bonds. The molecule has 0 radical (unpaired) electrons. The third kappa shape index (κ3) is 4.34. The van der Waals surface area contributed by atoms with E-state index in [0.29, 0.717) is 0 Å². The number of rotatable bonds is 5. The summed E-state index contributed by atoms with van der Waals surface area (Å²) in [5.74, 6) is -0.161. The van der Waals surface area contributed by atoms with Crippen LogP contribution in [0.4, 0.5) is 0 Å². The lowest BCUT2D eigenvalue weighted by atomic mass is 9.71. The van der Waals surface area contributed by atoms with E-state index >= 15 is 0 Å². The molecule has 1 aliphatic rings. The minimum absolute atomic E-state index is 0.00419. The average Bonchev–Trinajstić information content (AvgIpc) is 2.69. The van der Waals surface area contributed by atoms with Crippen LogP contribution in [0.2, 0.25) is 0 Å². The van der Waals surface area contributed by atoms with Gasteiger partial charge in [0.1, 0.15) is 0 Å². The first-order chi connectivity index (χ1) is 13.2. The van der Waals surface area contributed by atoms with Gasteiger partial charge in [0.15, 0.2) is 0 Å². The van der Waals surface area contributed by atoms with Crippen LogP contribution in [-0.2, 0) is 20.2 Å². The summed E-state index contributed by atoms with van der Waals surface area (Å²) in [7, 11) is -2.08. The number of amides is 1. The monoisotopic (exact) mass is 398 g/mol. The molecule has 1 atom stereocenters. The van der Waals surface area contributed by atoms with E-state index in [2.05, 4.69) is 36.0 Å². The zero-order valence-corrected chi connectivity index (χ0v) is 17.2. The Bertz CT molecular complexity index is 993. The first-order valence-corrected chi connectivity index (χ1v) is 10.8. The van der Waals surface area contributed by atoms with Crippen molar-refractivity contribution in [1.82, 2.24) is 10.0 Å². The summed E-state index contributed by atoms with van der Waals surface area (Å²) in [5.41, 5.74) is 3.35. The molecular formula is C22H26N2O3S. The van der Waals surface area contributed by atoms with Gasteiger partial charge in [-0.05, 0) is 60.2 Å². The molecule has 1 aliphatic carbocycles. The first kappa shape index (κ1) is 20.3. The number of sulfonamides is 1. The molecule has 0 aliphatic heterocycles. The molecular weight excluding hydrogens is 372 g/mol. The normalized spacial score (nSPS) is 18.6. The van der Waals surface area contributed by atoms with Crippen LogP contribution >= 0.6 is 0 Å². The standard InChI is InChI=1S/C22H26N2O3S/c1-22(2)15-14-20(18-6-4-5-7-19(18)22)24-21(25)13-10-16-8-11-17(12-9-16)28(26,27)23-3/h4-13,20,23H,14-15H2,1-3H3,(H,24,25)/b13-10-/t20-/m0/s1. The van der Waals surface area contributed by atoms with Crippen molar-refractivity contribution in [2.24, 2.45) is 0 Å². The highest BCUT2D eigenvalue weighted by atomic mass is 32.2. The summed E-state index contributed by atoms with van der Waals surface area (Å²) in [5, 5.41) is 3.10. The highest BCUT2D eigenvalue weighted by Gasteiger charge is 2.32. The van der Waals surface area contributed by atoms with E-state index in [4.69, 9.17) is 0 Å². The highest BCUT2D eigenvalue weighted by Crippen LogP contribution is 2.41. The molecule has 0 heterocycles. The smallest absolute Gasteiger partial charge is 0.244 e. The number of benzene rings is 2. The second kappa shape index (κ2) is 7.89. The van der Waals surface area contributed by atoms with Gasteiger partial charge in [0.05, 0.1) is 10.9 Å². The Labute approximate surface area is 166 Å². The number of carbonyl (C=O) groups is 1. The third-order valence-corrected chi connectivity index (χ3v) is 6.76. The van der Waals surface area contributed by atoms with Crippen molar-refractivity contribution in [2.45, 2.75) is 43.0 Å². The van der Waals surface area contributed by atoms with Gasteiger partial charge in [-0.3, -0.25) is 4.79 Å². The molecule has 3 rings (SSSR count). The van der Waals surface area contributed by atoms with Crippen LogP contribution in [0, 0.1) is 0 Å². The van der Waals surface area contributed by atoms with Gasteiger partial charge in [0.25, 0.3) is 0 Å². The number of nitrogens with one attached hydrogen (secondary N) is 2. The highest BCUT2D eigenvalue weighted by molar-refractivity contribution is 7.89. The topological polar surface area (TPSA) is 75.3 Å². The van der Waals surface area contributed by atoms with Gasteiger partial charge in [0, 0.05) is 6.08 Å². The van der Waals surface area contributed by atoms with Crippen LogP contribution in [-0.4, -0.2) is 21.4 Å². The summed E-state index contributed by atoms with van der Waals surface area (Å²) in [6.07, 6.45) is 5.09. The fourth-order valence-corrected chi connectivity index (χ4v) is 4.36. The maximum Gasteiger partial charge on any atom is 0.244 e. The fraction of sp³-hybridized carbons (Fsp3) is 0.318. The van der Waals surface area contributed by atoms with Gasteiger partial charge < -0.3 is 5.32 Å². The zero-order chi connectivity index (χ0) is 20.4.